The van der Waals surface area contributed by atoms with Crippen molar-refractivity contribution in [3.05, 3.63) is 65.2 Å². The van der Waals surface area contributed by atoms with Gasteiger partial charge in [-0.15, -0.1) is 0 Å². The highest BCUT2D eigenvalue weighted by Gasteiger charge is 2.76. The zero-order chi connectivity index (χ0) is 25.8. The van der Waals surface area contributed by atoms with Gasteiger partial charge in [-0.05, 0) is 48.6 Å². The summed E-state index contributed by atoms with van der Waals surface area (Å²) in [4.78, 5) is 42.2. The van der Waals surface area contributed by atoms with Gasteiger partial charge in [0.15, 0.2) is 6.04 Å². The van der Waals surface area contributed by atoms with Crippen molar-refractivity contribution in [3.8, 4) is 5.75 Å². The Hall–Kier alpha value is -3.88. The molecule has 4 aliphatic rings. The fraction of sp³-hybridized carbons (Fsp3) is 0.429. The highest BCUT2D eigenvalue weighted by Crippen LogP contribution is 2.63. The van der Waals surface area contributed by atoms with Gasteiger partial charge in [-0.3, -0.25) is 14.6 Å². The molecule has 3 heterocycles. The number of carbonyl (C=O) groups excluding carboxylic acids is 3. The number of benzene rings is 2. The predicted molar refractivity (Wildman–Crippen MR) is 131 cm³/mol. The molecule has 2 saturated heterocycles. The molecule has 2 spiro atoms. The molecule has 2 aromatic carbocycles. The van der Waals surface area contributed by atoms with Crippen molar-refractivity contribution in [3.63, 3.8) is 0 Å². The topological polar surface area (TPSA) is 104 Å². The summed E-state index contributed by atoms with van der Waals surface area (Å²) in [6.45, 7) is 1.85. The van der Waals surface area contributed by atoms with Crippen LogP contribution in [0.2, 0.25) is 0 Å². The number of methoxy groups -OCH3 is 1. The maximum atomic E-state index is 14.3. The summed E-state index contributed by atoms with van der Waals surface area (Å²) in [5.41, 5.74) is 0.146. The third-order valence-corrected chi connectivity index (χ3v) is 8.01. The van der Waals surface area contributed by atoms with Crippen molar-refractivity contribution in [2.24, 2.45) is 10.5 Å². The van der Waals surface area contributed by atoms with Crippen molar-refractivity contribution >= 4 is 24.1 Å². The Morgan fingerprint density at radius 2 is 1.73 bits per heavy atom. The van der Waals surface area contributed by atoms with Crippen LogP contribution in [-0.2, 0) is 28.6 Å². The first-order valence-electron chi connectivity index (χ1n) is 12.6. The normalized spacial score (nSPS) is 26.4. The summed E-state index contributed by atoms with van der Waals surface area (Å²) in [6, 6.07) is 12.4. The van der Waals surface area contributed by atoms with E-state index >= 15 is 0 Å². The average molecular weight is 505 g/mol. The van der Waals surface area contributed by atoms with Gasteiger partial charge >= 0.3 is 17.9 Å². The first kappa shape index (κ1) is 23.5. The van der Waals surface area contributed by atoms with Crippen LogP contribution in [0.4, 0.5) is 0 Å². The smallest absolute Gasteiger partial charge is 0.331 e. The largest absolute Gasteiger partial charge is 0.497 e. The standard InChI is InChI=1S/C28H28N2O7/c1-3-35-24(31)22-21(17-10-12-19(34-2)13-11-17)28(23-20-9-5-4-8-18(20)16-29-30(22)23)25(32)36-27(37-26(28)33)14-6-7-15-27/h4-5,8-13,16,21-23H,3,6-7,14-15H2,1-2H3/t21-,22-,23+/m0/s1. The number of nitrogens with zero attached hydrogens (tertiary/aromatic N) is 2. The molecule has 0 amide bonds. The summed E-state index contributed by atoms with van der Waals surface area (Å²) >= 11 is 0. The second-order valence-corrected chi connectivity index (χ2v) is 9.87. The van der Waals surface area contributed by atoms with E-state index in [4.69, 9.17) is 18.9 Å². The van der Waals surface area contributed by atoms with Gasteiger partial charge in [-0.1, -0.05) is 36.4 Å². The molecule has 2 aromatic rings. The van der Waals surface area contributed by atoms with Crippen LogP contribution in [0, 0.1) is 5.41 Å². The molecule has 0 aromatic heterocycles. The molecule has 0 N–H and O–H groups in total. The van der Waals surface area contributed by atoms with E-state index in [2.05, 4.69) is 5.10 Å². The lowest BCUT2D eigenvalue weighted by Crippen LogP contribution is -2.59. The summed E-state index contributed by atoms with van der Waals surface area (Å²) in [6.07, 6.45) is 4.14. The van der Waals surface area contributed by atoms with Gasteiger partial charge in [0.05, 0.1) is 19.9 Å². The Labute approximate surface area is 214 Å². The summed E-state index contributed by atoms with van der Waals surface area (Å²) < 4.78 is 22.9. The van der Waals surface area contributed by atoms with Crippen molar-refractivity contribution < 1.29 is 33.3 Å². The van der Waals surface area contributed by atoms with E-state index < -0.39 is 47.1 Å². The molecular weight excluding hydrogens is 476 g/mol. The minimum Gasteiger partial charge on any atom is -0.497 e. The van der Waals surface area contributed by atoms with E-state index in [0.29, 0.717) is 29.7 Å². The van der Waals surface area contributed by atoms with E-state index in [9.17, 15) is 14.4 Å². The Morgan fingerprint density at radius 3 is 2.38 bits per heavy atom. The molecule has 0 radical (unpaired) electrons. The molecule has 6 rings (SSSR count). The van der Waals surface area contributed by atoms with Crippen LogP contribution in [0.1, 0.15) is 61.3 Å². The molecule has 0 unspecified atom stereocenters. The molecule has 3 aliphatic heterocycles. The zero-order valence-corrected chi connectivity index (χ0v) is 20.7. The molecule has 3 fully saturated rings. The molecule has 192 valence electrons. The van der Waals surface area contributed by atoms with Crippen molar-refractivity contribution in [2.75, 3.05) is 13.7 Å². The molecule has 1 saturated carbocycles. The van der Waals surface area contributed by atoms with Crippen LogP contribution in [0.15, 0.2) is 53.6 Å². The number of esters is 3. The highest BCUT2D eigenvalue weighted by atomic mass is 16.7. The van der Waals surface area contributed by atoms with E-state index in [1.165, 1.54) is 5.01 Å². The number of hydrazone groups is 1. The lowest BCUT2D eigenvalue weighted by molar-refractivity contribution is -0.263. The summed E-state index contributed by atoms with van der Waals surface area (Å²) in [7, 11) is 1.55. The fourth-order valence-electron chi connectivity index (χ4n) is 6.41. The number of ether oxygens (including phenoxy) is 4. The minimum atomic E-state index is -1.88. The third kappa shape index (κ3) is 3.29. The monoisotopic (exact) mass is 504 g/mol. The number of rotatable bonds is 4. The average Bonchev–Trinajstić information content (AvgIpc) is 3.48. The Balaban J connectivity index is 1.60. The maximum Gasteiger partial charge on any atom is 0.331 e. The Bertz CT molecular complexity index is 1260. The first-order chi connectivity index (χ1) is 17.9. The third-order valence-electron chi connectivity index (χ3n) is 8.01. The van der Waals surface area contributed by atoms with Crippen LogP contribution in [-0.4, -0.2) is 54.7 Å². The van der Waals surface area contributed by atoms with Gasteiger partial charge in [0.1, 0.15) is 11.8 Å². The number of carbonyl (C=O) groups is 3. The lowest BCUT2D eigenvalue weighted by atomic mass is 9.65. The van der Waals surface area contributed by atoms with E-state index in [0.717, 1.165) is 18.4 Å². The molecule has 0 bridgehead atoms. The number of fused-ring (bicyclic) bond motifs is 4. The SMILES string of the molecule is CCOC(=O)[C@@H]1[C@H](c2ccc(OC)cc2)C2(C(=O)OC3(CCCC3)OC2=O)[C@H]2c3ccccc3C=NN12. The van der Waals surface area contributed by atoms with E-state index in [-0.39, 0.29) is 6.61 Å². The number of hydrogen-bond donors (Lipinski definition) is 0. The van der Waals surface area contributed by atoms with Crippen LogP contribution >= 0.6 is 0 Å². The predicted octanol–water partition coefficient (Wildman–Crippen LogP) is 3.47. The van der Waals surface area contributed by atoms with Crippen molar-refractivity contribution in [2.45, 2.75) is 56.4 Å². The Kier molecular flexibility index (Phi) is 5.47. The molecule has 9 nitrogen and oxygen atoms in total. The van der Waals surface area contributed by atoms with E-state index in [1.807, 2.05) is 24.3 Å². The lowest BCUT2D eigenvalue weighted by Gasteiger charge is -2.45. The van der Waals surface area contributed by atoms with Crippen molar-refractivity contribution in [1.82, 2.24) is 5.01 Å². The minimum absolute atomic E-state index is 0.133. The van der Waals surface area contributed by atoms with Gasteiger partial charge in [0.2, 0.25) is 5.41 Å². The summed E-state index contributed by atoms with van der Waals surface area (Å²) in [5, 5.41) is 6.13. The number of hydrogen-bond acceptors (Lipinski definition) is 9. The second-order valence-electron chi connectivity index (χ2n) is 9.87. The van der Waals surface area contributed by atoms with Crippen LogP contribution in [0.25, 0.3) is 0 Å². The molecule has 3 atom stereocenters. The van der Waals surface area contributed by atoms with Crippen LogP contribution in [0.3, 0.4) is 0 Å². The molecule has 9 heteroatoms. The molecular formula is C28H28N2O7. The van der Waals surface area contributed by atoms with Gasteiger partial charge in [-0.2, -0.15) is 5.10 Å². The highest BCUT2D eigenvalue weighted by molar-refractivity contribution is 6.06. The Morgan fingerprint density at radius 1 is 1.05 bits per heavy atom. The first-order valence-corrected chi connectivity index (χ1v) is 12.6. The zero-order valence-electron chi connectivity index (χ0n) is 20.7. The second kappa shape index (κ2) is 8.61. The van der Waals surface area contributed by atoms with Crippen LogP contribution in [0.5, 0.6) is 5.75 Å². The molecule has 1 aliphatic carbocycles. The van der Waals surface area contributed by atoms with Crippen LogP contribution < -0.4 is 4.74 Å². The maximum absolute atomic E-state index is 14.3. The van der Waals surface area contributed by atoms with Gasteiger partial charge in [0, 0.05) is 18.8 Å². The molecule has 37 heavy (non-hydrogen) atoms. The fourth-order valence-corrected chi connectivity index (χ4v) is 6.41. The van der Waals surface area contributed by atoms with Gasteiger partial charge < -0.3 is 18.9 Å². The van der Waals surface area contributed by atoms with Crippen molar-refractivity contribution in [1.29, 1.82) is 0 Å². The van der Waals surface area contributed by atoms with E-state index in [1.54, 1.807) is 44.5 Å². The van der Waals surface area contributed by atoms with Gasteiger partial charge in [-0.25, -0.2) is 4.79 Å². The summed E-state index contributed by atoms with van der Waals surface area (Å²) in [5.74, 6) is -3.61. The van der Waals surface area contributed by atoms with Gasteiger partial charge in [0.25, 0.3) is 5.79 Å². The quantitative estimate of drug-likeness (QED) is 0.461.